The maximum Gasteiger partial charge on any atom is 0.246 e. The smallest absolute Gasteiger partial charge is 0.246 e. The third kappa shape index (κ3) is 2.43. The summed E-state index contributed by atoms with van der Waals surface area (Å²) in [5.74, 6) is -0.167. The van der Waals surface area contributed by atoms with Crippen LogP contribution in [0.5, 0.6) is 5.75 Å². The summed E-state index contributed by atoms with van der Waals surface area (Å²) >= 11 is 0. The molecule has 2 fully saturated rings. The van der Waals surface area contributed by atoms with Gasteiger partial charge in [0.15, 0.2) is 0 Å². The molecular weight excluding hydrogens is 276 g/mol. The van der Waals surface area contributed by atoms with Gasteiger partial charge in [0.05, 0.1) is 0 Å². The molecule has 0 radical (unpaired) electrons. The third-order valence-corrected chi connectivity index (χ3v) is 6.16. The molecule has 0 bridgehead atoms. The van der Waals surface area contributed by atoms with Crippen molar-refractivity contribution in [1.82, 2.24) is 9.21 Å². The Bertz CT molecular complexity index is 588. The average molecular weight is 296 g/mol. The highest BCUT2D eigenvalue weighted by Crippen LogP contribution is 2.29. The minimum absolute atomic E-state index is 0.0199. The van der Waals surface area contributed by atoms with Gasteiger partial charge in [0.25, 0.3) is 0 Å². The van der Waals surface area contributed by atoms with Gasteiger partial charge in [-0.1, -0.05) is 12.1 Å². The maximum atomic E-state index is 12.7. The Balaban J connectivity index is 1.89. The van der Waals surface area contributed by atoms with E-state index in [1.807, 2.05) is 0 Å². The summed E-state index contributed by atoms with van der Waals surface area (Å²) in [7, 11) is -3.60. The predicted octanol–water partition coefficient (Wildman–Crippen LogP) is 1.25. The molecule has 1 aromatic rings. The number of para-hydroxylation sites is 1. The Morgan fingerprint density at radius 3 is 2.65 bits per heavy atom. The number of nitrogens with zero attached hydrogens (tertiary/aromatic N) is 2. The SMILES string of the molecule is O=S(=O)(c1ccccc1O)N1CCCN2CCCC2C1. The zero-order valence-corrected chi connectivity index (χ0v) is 12.2. The van der Waals surface area contributed by atoms with Gasteiger partial charge in [-0.25, -0.2) is 8.42 Å². The minimum atomic E-state index is -3.60. The monoisotopic (exact) mass is 296 g/mol. The lowest BCUT2D eigenvalue weighted by molar-refractivity contribution is 0.257. The highest BCUT2D eigenvalue weighted by atomic mass is 32.2. The van der Waals surface area contributed by atoms with Crippen LogP contribution in [0.15, 0.2) is 29.2 Å². The second-order valence-corrected chi connectivity index (χ2v) is 7.42. The second-order valence-electron chi connectivity index (χ2n) is 5.52. The number of rotatable bonds is 2. The number of benzene rings is 1. The minimum Gasteiger partial charge on any atom is -0.507 e. The van der Waals surface area contributed by atoms with E-state index in [0.29, 0.717) is 19.1 Å². The summed E-state index contributed by atoms with van der Waals surface area (Å²) in [6, 6.07) is 6.51. The first-order valence-electron chi connectivity index (χ1n) is 7.11. The normalized spacial score (nSPS) is 25.3. The highest BCUT2D eigenvalue weighted by Gasteiger charge is 2.35. The first-order valence-corrected chi connectivity index (χ1v) is 8.55. The van der Waals surface area contributed by atoms with E-state index in [0.717, 1.165) is 32.4 Å². The van der Waals surface area contributed by atoms with Crippen molar-refractivity contribution in [2.24, 2.45) is 0 Å². The van der Waals surface area contributed by atoms with Crippen LogP contribution in [0.25, 0.3) is 0 Å². The molecule has 2 aliphatic heterocycles. The van der Waals surface area contributed by atoms with Crippen LogP contribution < -0.4 is 0 Å². The Morgan fingerprint density at radius 2 is 1.85 bits per heavy atom. The van der Waals surface area contributed by atoms with Gasteiger partial charge in [0.2, 0.25) is 10.0 Å². The van der Waals surface area contributed by atoms with E-state index in [1.165, 1.54) is 16.4 Å². The van der Waals surface area contributed by atoms with Crippen molar-refractivity contribution in [3.63, 3.8) is 0 Å². The molecule has 1 aromatic carbocycles. The number of fused-ring (bicyclic) bond motifs is 1. The van der Waals surface area contributed by atoms with Crippen molar-refractivity contribution in [2.45, 2.75) is 30.2 Å². The van der Waals surface area contributed by atoms with E-state index < -0.39 is 10.0 Å². The predicted molar refractivity (Wildman–Crippen MR) is 76.1 cm³/mol. The van der Waals surface area contributed by atoms with Gasteiger partial charge in [0, 0.05) is 19.1 Å². The number of aromatic hydroxyl groups is 1. The molecule has 110 valence electrons. The number of phenols is 1. The van der Waals surface area contributed by atoms with Crippen LogP contribution in [-0.2, 0) is 10.0 Å². The van der Waals surface area contributed by atoms with E-state index >= 15 is 0 Å². The van der Waals surface area contributed by atoms with E-state index in [2.05, 4.69) is 4.90 Å². The summed E-state index contributed by atoms with van der Waals surface area (Å²) in [5.41, 5.74) is 0. The molecule has 0 amide bonds. The molecule has 1 unspecified atom stereocenters. The highest BCUT2D eigenvalue weighted by molar-refractivity contribution is 7.89. The van der Waals surface area contributed by atoms with Crippen LogP contribution in [0.3, 0.4) is 0 Å². The molecule has 2 saturated heterocycles. The Kier molecular flexibility index (Phi) is 3.70. The van der Waals surface area contributed by atoms with Crippen LogP contribution in [0.2, 0.25) is 0 Å². The van der Waals surface area contributed by atoms with Crippen molar-refractivity contribution >= 4 is 10.0 Å². The van der Waals surface area contributed by atoms with Gasteiger partial charge in [-0.15, -0.1) is 0 Å². The number of sulfonamides is 1. The van der Waals surface area contributed by atoms with E-state index in [1.54, 1.807) is 12.1 Å². The second kappa shape index (κ2) is 5.35. The molecule has 2 heterocycles. The Hall–Kier alpha value is -1.11. The summed E-state index contributed by atoms with van der Waals surface area (Å²) in [4.78, 5) is 2.41. The summed E-state index contributed by atoms with van der Waals surface area (Å²) in [6.07, 6.45) is 3.06. The topological polar surface area (TPSA) is 60.9 Å². The van der Waals surface area contributed by atoms with Crippen LogP contribution >= 0.6 is 0 Å². The van der Waals surface area contributed by atoms with Crippen molar-refractivity contribution in [3.8, 4) is 5.75 Å². The molecule has 20 heavy (non-hydrogen) atoms. The number of phenolic OH excluding ortho intramolecular Hbond substituents is 1. The van der Waals surface area contributed by atoms with E-state index in [-0.39, 0.29) is 10.6 Å². The quantitative estimate of drug-likeness (QED) is 0.892. The van der Waals surface area contributed by atoms with Crippen molar-refractivity contribution < 1.29 is 13.5 Å². The Morgan fingerprint density at radius 1 is 1.10 bits per heavy atom. The fourth-order valence-electron chi connectivity index (χ4n) is 3.21. The van der Waals surface area contributed by atoms with Crippen molar-refractivity contribution in [1.29, 1.82) is 0 Å². The molecule has 1 N–H and O–H groups in total. The zero-order chi connectivity index (χ0) is 14.2. The summed E-state index contributed by atoms with van der Waals surface area (Å²) < 4.78 is 26.9. The lowest BCUT2D eigenvalue weighted by Crippen LogP contribution is -2.39. The summed E-state index contributed by atoms with van der Waals surface area (Å²) in [5, 5.41) is 9.82. The van der Waals surface area contributed by atoms with Gasteiger partial charge in [-0.3, -0.25) is 4.90 Å². The maximum absolute atomic E-state index is 12.7. The van der Waals surface area contributed by atoms with Crippen LogP contribution in [0, 0.1) is 0 Å². The molecule has 5 nitrogen and oxygen atoms in total. The molecule has 3 rings (SSSR count). The number of hydrogen-bond acceptors (Lipinski definition) is 4. The molecule has 0 spiro atoms. The van der Waals surface area contributed by atoms with Gasteiger partial charge in [0.1, 0.15) is 10.6 Å². The molecular formula is C14H20N2O3S. The largest absolute Gasteiger partial charge is 0.507 e. The van der Waals surface area contributed by atoms with Gasteiger partial charge >= 0.3 is 0 Å². The van der Waals surface area contributed by atoms with Crippen molar-refractivity contribution in [3.05, 3.63) is 24.3 Å². The first-order chi connectivity index (χ1) is 9.59. The lowest BCUT2D eigenvalue weighted by atomic mass is 10.2. The van der Waals surface area contributed by atoms with Gasteiger partial charge in [-0.2, -0.15) is 4.31 Å². The third-order valence-electron chi connectivity index (χ3n) is 4.25. The van der Waals surface area contributed by atoms with E-state index in [9.17, 15) is 13.5 Å². The molecule has 2 aliphatic rings. The lowest BCUT2D eigenvalue weighted by Gasteiger charge is -2.25. The van der Waals surface area contributed by atoms with Crippen LogP contribution in [0.1, 0.15) is 19.3 Å². The molecule has 0 aliphatic carbocycles. The van der Waals surface area contributed by atoms with Gasteiger partial charge in [-0.05, 0) is 44.5 Å². The molecule has 0 aromatic heterocycles. The van der Waals surface area contributed by atoms with Gasteiger partial charge < -0.3 is 5.11 Å². The average Bonchev–Trinajstić information content (AvgIpc) is 2.76. The zero-order valence-electron chi connectivity index (χ0n) is 11.4. The molecule has 0 saturated carbocycles. The Labute approximate surface area is 119 Å². The fourth-order valence-corrected chi connectivity index (χ4v) is 4.80. The molecule has 1 atom stereocenters. The van der Waals surface area contributed by atoms with Crippen LogP contribution in [-0.4, -0.2) is 55.0 Å². The van der Waals surface area contributed by atoms with Crippen molar-refractivity contribution in [2.75, 3.05) is 26.2 Å². The number of hydrogen-bond donors (Lipinski definition) is 1. The molecule has 6 heteroatoms. The first kappa shape index (κ1) is 13.9. The van der Waals surface area contributed by atoms with E-state index in [4.69, 9.17) is 0 Å². The van der Waals surface area contributed by atoms with Crippen LogP contribution in [0.4, 0.5) is 0 Å². The summed E-state index contributed by atoms with van der Waals surface area (Å²) in [6.45, 7) is 3.12. The standard InChI is InChI=1S/C14H20N2O3S/c17-13-6-1-2-7-14(13)20(18,19)16-10-4-9-15-8-3-5-12(15)11-16/h1-2,6-7,12,17H,3-5,8-11H2. The fraction of sp³-hybridized carbons (Fsp3) is 0.571.